The van der Waals surface area contributed by atoms with Gasteiger partial charge < -0.3 is 9.64 Å². The van der Waals surface area contributed by atoms with E-state index in [1.807, 2.05) is 72.8 Å². The van der Waals surface area contributed by atoms with E-state index < -0.39 is 0 Å². The Morgan fingerprint density at radius 3 is 1.48 bits per heavy atom. The predicted molar refractivity (Wildman–Crippen MR) is 110 cm³/mol. The van der Waals surface area contributed by atoms with E-state index in [9.17, 15) is 0 Å². The van der Waals surface area contributed by atoms with Gasteiger partial charge in [0.2, 0.25) is 0 Å². The second-order valence-corrected chi connectivity index (χ2v) is 6.99. The Morgan fingerprint density at radius 2 is 1.08 bits per heavy atom. The molecule has 0 spiro atoms. The second kappa shape index (κ2) is 8.61. The molecular formula is C20H16BrCl2NO. The summed E-state index contributed by atoms with van der Waals surface area (Å²) in [5, 5.41) is 2.22. The average molecular weight is 437 g/mol. The van der Waals surface area contributed by atoms with Crippen molar-refractivity contribution < 1.29 is 4.74 Å². The van der Waals surface area contributed by atoms with Crippen molar-refractivity contribution in [3.8, 4) is 5.75 Å². The summed E-state index contributed by atoms with van der Waals surface area (Å²) in [5.41, 5.74) is 3.05. The van der Waals surface area contributed by atoms with Crippen molar-refractivity contribution in [1.29, 1.82) is 0 Å². The van der Waals surface area contributed by atoms with Crippen molar-refractivity contribution >= 4 is 56.2 Å². The third-order valence-electron chi connectivity index (χ3n) is 3.61. The molecule has 0 bridgehead atoms. The lowest BCUT2D eigenvalue weighted by molar-refractivity contribution is 0.345. The van der Waals surface area contributed by atoms with Crippen LogP contribution in [0.4, 0.5) is 17.1 Å². The van der Waals surface area contributed by atoms with Gasteiger partial charge in [0.1, 0.15) is 5.75 Å². The minimum absolute atomic E-state index is 0.636. The second-order valence-electron chi connectivity index (χ2n) is 5.32. The number of hydrogen-bond acceptors (Lipinski definition) is 2. The monoisotopic (exact) mass is 435 g/mol. The lowest BCUT2D eigenvalue weighted by Gasteiger charge is -2.25. The smallest absolute Gasteiger partial charge is 0.119 e. The van der Waals surface area contributed by atoms with E-state index in [1.165, 1.54) is 0 Å². The molecule has 0 fully saturated rings. The molecule has 0 aliphatic heterocycles. The van der Waals surface area contributed by atoms with E-state index in [0.29, 0.717) is 16.7 Å². The minimum atomic E-state index is 0.636. The average Bonchev–Trinajstić information content (AvgIpc) is 2.64. The molecule has 5 heteroatoms. The summed E-state index contributed by atoms with van der Waals surface area (Å²) in [4.78, 5) is 2.14. The van der Waals surface area contributed by atoms with Crippen LogP contribution in [-0.2, 0) is 0 Å². The molecule has 2 nitrogen and oxygen atoms in total. The Bertz CT molecular complexity index is 759. The zero-order valence-corrected chi connectivity index (χ0v) is 16.4. The summed E-state index contributed by atoms with van der Waals surface area (Å²) in [6.07, 6.45) is 0. The van der Waals surface area contributed by atoms with Crippen molar-refractivity contribution in [2.24, 2.45) is 0 Å². The lowest BCUT2D eigenvalue weighted by atomic mass is 10.2. The molecule has 0 saturated carbocycles. The van der Waals surface area contributed by atoms with Gasteiger partial charge in [-0.15, -0.1) is 0 Å². The van der Waals surface area contributed by atoms with Gasteiger partial charge in [-0.1, -0.05) is 39.1 Å². The highest BCUT2D eigenvalue weighted by Crippen LogP contribution is 2.36. The molecule has 0 N–H and O–H groups in total. The first-order valence-corrected chi connectivity index (χ1v) is 9.65. The normalized spacial score (nSPS) is 10.5. The van der Waals surface area contributed by atoms with E-state index in [4.69, 9.17) is 27.9 Å². The van der Waals surface area contributed by atoms with Crippen LogP contribution in [0.1, 0.15) is 0 Å². The molecule has 3 aromatic rings. The number of ether oxygens (including phenoxy) is 1. The molecule has 3 aromatic carbocycles. The molecule has 128 valence electrons. The summed E-state index contributed by atoms with van der Waals surface area (Å²) in [6, 6.07) is 23.5. The number of halogens is 3. The van der Waals surface area contributed by atoms with Crippen LogP contribution in [0.15, 0.2) is 72.8 Å². The molecule has 3 rings (SSSR count). The highest BCUT2D eigenvalue weighted by atomic mass is 79.9. The van der Waals surface area contributed by atoms with Gasteiger partial charge in [0.15, 0.2) is 0 Å². The Morgan fingerprint density at radius 1 is 0.680 bits per heavy atom. The van der Waals surface area contributed by atoms with Gasteiger partial charge in [0.05, 0.1) is 6.61 Å². The first-order chi connectivity index (χ1) is 12.2. The van der Waals surface area contributed by atoms with Crippen LogP contribution in [0.3, 0.4) is 0 Å². The zero-order valence-electron chi connectivity index (χ0n) is 13.3. The molecule has 0 unspecified atom stereocenters. The topological polar surface area (TPSA) is 12.5 Å². The predicted octanol–water partition coefficient (Wildman–Crippen LogP) is 7.24. The van der Waals surface area contributed by atoms with E-state index >= 15 is 0 Å². The molecule has 0 aromatic heterocycles. The number of benzene rings is 3. The van der Waals surface area contributed by atoms with Crippen molar-refractivity contribution in [2.45, 2.75) is 0 Å². The summed E-state index contributed by atoms with van der Waals surface area (Å²) in [5.74, 6) is 0.843. The molecule has 0 radical (unpaired) electrons. The van der Waals surface area contributed by atoms with Gasteiger partial charge in [-0.2, -0.15) is 0 Å². The van der Waals surface area contributed by atoms with Crippen LogP contribution in [0.25, 0.3) is 0 Å². The van der Waals surface area contributed by atoms with Crippen LogP contribution in [0.5, 0.6) is 5.75 Å². The fourth-order valence-electron chi connectivity index (χ4n) is 2.48. The van der Waals surface area contributed by atoms with Gasteiger partial charge in [0.25, 0.3) is 0 Å². The first kappa shape index (κ1) is 18.1. The largest absolute Gasteiger partial charge is 0.493 e. The summed E-state index contributed by atoms with van der Waals surface area (Å²) in [6.45, 7) is 0.636. The first-order valence-electron chi connectivity index (χ1n) is 7.77. The van der Waals surface area contributed by atoms with E-state index in [2.05, 4.69) is 20.8 Å². The highest BCUT2D eigenvalue weighted by Gasteiger charge is 2.12. The lowest BCUT2D eigenvalue weighted by Crippen LogP contribution is -2.09. The molecule has 0 atom stereocenters. The third kappa shape index (κ3) is 4.69. The Balaban J connectivity index is 1.98. The standard InChI is InChI=1S/C20H16BrCl2NO/c21-13-14-25-20-11-9-19(10-12-20)24(17-5-1-15(22)2-6-17)18-7-3-16(23)4-8-18/h1-12H,13-14H2. The maximum Gasteiger partial charge on any atom is 0.119 e. The Kier molecular flexibility index (Phi) is 6.24. The fourth-order valence-corrected chi connectivity index (χ4v) is 2.89. The molecule has 0 amide bonds. The number of hydrogen-bond donors (Lipinski definition) is 0. The van der Waals surface area contributed by atoms with Crippen LogP contribution < -0.4 is 9.64 Å². The van der Waals surface area contributed by atoms with Crippen molar-refractivity contribution in [3.05, 3.63) is 82.8 Å². The zero-order chi connectivity index (χ0) is 17.6. The van der Waals surface area contributed by atoms with E-state index in [0.717, 1.165) is 28.1 Å². The third-order valence-corrected chi connectivity index (χ3v) is 4.44. The number of nitrogens with zero attached hydrogens (tertiary/aromatic N) is 1. The van der Waals surface area contributed by atoms with Crippen LogP contribution in [-0.4, -0.2) is 11.9 Å². The molecule has 0 aliphatic carbocycles. The Hall–Kier alpha value is -1.68. The summed E-state index contributed by atoms with van der Waals surface area (Å²) < 4.78 is 5.63. The highest BCUT2D eigenvalue weighted by molar-refractivity contribution is 9.09. The molecular weight excluding hydrogens is 421 g/mol. The number of alkyl halides is 1. The Labute approximate surface area is 166 Å². The van der Waals surface area contributed by atoms with Gasteiger partial charge in [-0.05, 0) is 72.8 Å². The van der Waals surface area contributed by atoms with Crippen LogP contribution in [0.2, 0.25) is 10.0 Å². The van der Waals surface area contributed by atoms with Gasteiger partial charge in [-0.3, -0.25) is 0 Å². The van der Waals surface area contributed by atoms with Crippen molar-refractivity contribution in [3.63, 3.8) is 0 Å². The molecule has 25 heavy (non-hydrogen) atoms. The van der Waals surface area contributed by atoms with Crippen LogP contribution >= 0.6 is 39.1 Å². The van der Waals surface area contributed by atoms with Gasteiger partial charge in [0, 0.05) is 32.4 Å². The van der Waals surface area contributed by atoms with E-state index in [1.54, 1.807) is 0 Å². The summed E-state index contributed by atoms with van der Waals surface area (Å²) >= 11 is 15.4. The molecule has 0 saturated heterocycles. The van der Waals surface area contributed by atoms with Crippen molar-refractivity contribution in [2.75, 3.05) is 16.8 Å². The molecule has 0 heterocycles. The maximum atomic E-state index is 6.04. The van der Waals surface area contributed by atoms with Gasteiger partial charge >= 0.3 is 0 Å². The number of anilines is 3. The summed E-state index contributed by atoms with van der Waals surface area (Å²) in [7, 11) is 0. The molecule has 0 aliphatic rings. The van der Waals surface area contributed by atoms with Crippen LogP contribution in [0, 0.1) is 0 Å². The quantitative estimate of drug-likeness (QED) is 0.377. The minimum Gasteiger partial charge on any atom is -0.493 e. The van der Waals surface area contributed by atoms with E-state index in [-0.39, 0.29) is 0 Å². The number of rotatable bonds is 6. The van der Waals surface area contributed by atoms with Crippen molar-refractivity contribution in [1.82, 2.24) is 0 Å². The SMILES string of the molecule is Clc1ccc(N(c2ccc(Cl)cc2)c2ccc(OCCBr)cc2)cc1. The maximum absolute atomic E-state index is 6.04. The van der Waals surface area contributed by atoms with Gasteiger partial charge in [-0.25, -0.2) is 0 Å². The fraction of sp³-hybridized carbons (Fsp3) is 0.100.